The molecule has 1 aliphatic carbocycles. The van der Waals surface area contributed by atoms with Crippen LogP contribution in [0.2, 0.25) is 0 Å². The molecule has 4 heteroatoms. The van der Waals surface area contributed by atoms with Crippen LogP contribution in [-0.2, 0) is 6.42 Å². The van der Waals surface area contributed by atoms with Gasteiger partial charge in [0, 0.05) is 17.5 Å². The summed E-state index contributed by atoms with van der Waals surface area (Å²) in [6.07, 6.45) is 3.48. The number of carbonyl (C=O) groups is 1. The monoisotopic (exact) mass is 311 g/mol. The molecule has 0 saturated carbocycles. The molecule has 0 aliphatic heterocycles. The van der Waals surface area contributed by atoms with Crippen molar-refractivity contribution >= 4 is 11.7 Å². The second-order valence-electron chi connectivity index (χ2n) is 6.06. The van der Waals surface area contributed by atoms with Crippen LogP contribution in [0.1, 0.15) is 51.2 Å². The summed E-state index contributed by atoms with van der Waals surface area (Å²) in [5.41, 5.74) is 3.34. The number of urea groups is 1. The fraction of sp³-hybridized carbons (Fsp3) is 0.474. The third-order valence-corrected chi connectivity index (χ3v) is 4.84. The Bertz CT molecular complexity index is 651. The maximum atomic E-state index is 12.2. The third-order valence-electron chi connectivity index (χ3n) is 4.84. The summed E-state index contributed by atoms with van der Waals surface area (Å²) in [6, 6.07) is 10.2. The van der Waals surface area contributed by atoms with E-state index in [4.69, 9.17) is 0 Å². The highest BCUT2D eigenvalue weighted by molar-refractivity contribution is 5.89. The summed E-state index contributed by atoms with van der Waals surface area (Å²) in [7, 11) is 0. The van der Waals surface area contributed by atoms with Crippen molar-refractivity contribution in [1.82, 2.24) is 10.6 Å². The van der Waals surface area contributed by atoms with Crippen LogP contribution in [0.25, 0.3) is 5.70 Å². The van der Waals surface area contributed by atoms with Crippen LogP contribution in [-0.4, -0.2) is 12.6 Å². The molecular formula is C19H25N3O. The van der Waals surface area contributed by atoms with E-state index in [0.29, 0.717) is 17.8 Å². The van der Waals surface area contributed by atoms with Gasteiger partial charge in [-0.05, 0) is 31.2 Å². The summed E-state index contributed by atoms with van der Waals surface area (Å²) < 4.78 is 0. The van der Waals surface area contributed by atoms with E-state index in [1.165, 1.54) is 5.56 Å². The Hall–Kier alpha value is -2.28. The number of hydrogen-bond acceptors (Lipinski definition) is 2. The minimum Gasteiger partial charge on any atom is -0.338 e. The van der Waals surface area contributed by atoms with E-state index in [9.17, 15) is 10.1 Å². The number of rotatable bonds is 5. The van der Waals surface area contributed by atoms with Gasteiger partial charge in [-0.3, -0.25) is 0 Å². The number of amides is 2. The summed E-state index contributed by atoms with van der Waals surface area (Å²) in [6.45, 7) is 6.86. The predicted octanol–water partition coefficient (Wildman–Crippen LogP) is 3.99. The van der Waals surface area contributed by atoms with Crippen LogP contribution in [0.5, 0.6) is 0 Å². The molecule has 0 aromatic heterocycles. The minimum absolute atomic E-state index is 0.198. The van der Waals surface area contributed by atoms with E-state index in [0.717, 1.165) is 31.2 Å². The largest absolute Gasteiger partial charge is 0.338 e. The van der Waals surface area contributed by atoms with E-state index in [1.807, 2.05) is 25.1 Å². The van der Waals surface area contributed by atoms with Crippen molar-refractivity contribution in [1.29, 1.82) is 5.26 Å². The highest BCUT2D eigenvalue weighted by Gasteiger charge is 2.38. The first-order valence-corrected chi connectivity index (χ1v) is 8.39. The number of benzene rings is 1. The molecule has 0 heterocycles. The topological polar surface area (TPSA) is 64.9 Å². The molecule has 0 saturated heterocycles. The number of allylic oxidation sites excluding steroid dienone is 1. The van der Waals surface area contributed by atoms with Crippen LogP contribution in [0.4, 0.5) is 4.79 Å². The van der Waals surface area contributed by atoms with Crippen LogP contribution < -0.4 is 10.6 Å². The predicted molar refractivity (Wildman–Crippen MR) is 92.5 cm³/mol. The molecular weight excluding hydrogens is 286 g/mol. The van der Waals surface area contributed by atoms with Crippen molar-refractivity contribution in [3.05, 3.63) is 41.0 Å². The molecule has 1 aromatic carbocycles. The zero-order valence-electron chi connectivity index (χ0n) is 14.2. The maximum Gasteiger partial charge on any atom is 0.319 e. The second-order valence-corrected chi connectivity index (χ2v) is 6.06. The molecule has 122 valence electrons. The first-order chi connectivity index (χ1) is 11.1. The SMILES string of the molecule is CCCNC(=O)NC1=C(C#N)C(CC)(CC)Cc2ccccc21. The van der Waals surface area contributed by atoms with Crippen LogP contribution in [0, 0.1) is 16.7 Å². The summed E-state index contributed by atoms with van der Waals surface area (Å²) in [5, 5.41) is 15.6. The molecule has 0 spiro atoms. The van der Waals surface area contributed by atoms with Gasteiger partial charge in [0.15, 0.2) is 0 Å². The molecule has 1 aromatic rings. The van der Waals surface area contributed by atoms with Crippen LogP contribution >= 0.6 is 0 Å². The number of nitrogens with zero attached hydrogens (tertiary/aromatic N) is 1. The normalized spacial score (nSPS) is 15.6. The van der Waals surface area contributed by atoms with Gasteiger partial charge >= 0.3 is 6.03 Å². The lowest BCUT2D eigenvalue weighted by Crippen LogP contribution is -2.39. The number of nitriles is 1. The second kappa shape index (κ2) is 7.32. The molecule has 0 atom stereocenters. The molecule has 2 rings (SSSR count). The Morgan fingerprint density at radius 2 is 1.96 bits per heavy atom. The van der Waals surface area contributed by atoms with Crippen LogP contribution in [0.15, 0.2) is 29.8 Å². The maximum absolute atomic E-state index is 12.2. The zero-order chi connectivity index (χ0) is 16.9. The van der Waals surface area contributed by atoms with E-state index in [-0.39, 0.29) is 11.4 Å². The highest BCUT2D eigenvalue weighted by Crippen LogP contribution is 2.46. The molecule has 0 fully saturated rings. The zero-order valence-corrected chi connectivity index (χ0v) is 14.2. The Morgan fingerprint density at radius 3 is 2.57 bits per heavy atom. The van der Waals surface area contributed by atoms with Gasteiger partial charge in [0.1, 0.15) is 0 Å². The number of fused-ring (bicyclic) bond motifs is 1. The van der Waals surface area contributed by atoms with Gasteiger partial charge in [-0.2, -0.15) is 5.26 Å². The average molecular weight is 311 g/mol. The van der Waals surface area contributed by atoms with Gasteiger partial charge in [0.2, 0.25) is 0 Å². The molecule has 0 unspecified atom stereocenters. The first-order valence-electron chi connectivity index (χ1n) is 8.39. The van der Waals surface area contributed by atoms with Crippen molar-refractivity contribution in [2.75, 3.05) is 6.54 Å². The Balaban J connectivity index is 2.51. The molecule has 23 heavy (non-hydrogen) atoms. The standard InChI is InChI=1S/C19H25N3O/c1-4-11-21-18(23)22-17-15-10-8-7-9-14(15)12-19(5-2,6-3)16(17)13-20/h7-10H,4-6,11-12H2,1-3H3,(H2,21,22,23). The van der Waals surface area contributed by atoms with Crippen molar-refractivity contribution in [3.8, 4) is 6.07 Å². The van der Waals surface area contributed by atoms with Gasteiger partial charge < -0.3 is 10.6 Å². The highest BCUT2D eigenvalue weighted by atomic mass is 16.2. The Labute approximate surface area is 138 Å². The van der Waals surface area contributed by atoms with Gasteiger partial charge in [-0.25, -0.2) is 4.79 Å². The average Bonchev–Trinajstić information content (AvgIpc) is 2.59. The quantitative estimate of drug-likeness (QED) is 0.863. The lowest BCUT2D eigenvalue weighted by atomic mass is 9.66. The van der Waals surface area contributed by atoms with Gasteiger partial charge in [-0.1, -0.05) is 45.0 Å². The molecule has 2 N–H and O–H groups in total. The third kappa shape index (κ3) is 3.24. The summed E-state index contributed by atoms with van der Waals surface area (Å²) in [5.74, 6) is 0. The minimum atomic E-state index is -0.243. The summed E-state index contributed by atoms with van der Waals surface area (Å²) >= 11 is 0. The van der Waals surface area contributed by atoms with E-state index < -0.39 is 0 Å². The first kappa shape index (κ1) is 17.1. The lowest BCUT2D eigenvalue weighted by Gasteiger charge is -2.38. The lowest BCUT2D eigenvalue weighted by molar-refractivity contribution is 0.244. The van der Waals surface area contributed by atoms with Crippen molar-refractivity contribution in [2.45, 2.75) is 46.5 Å². The number of hydrogen-bond donors (Lipinski definition) is 2. The molecule has 4 nitrogen and oxygen atoms in total. The number of nitrogens with one attached hydrogen (secondary N) is 2. The van der Waals surface area contributed by atoms with Crippen molar-refractivity contribution in [3.63, 3.8) is 0 Å². The molecule has 1 aliphatic rings. The smallest absolute Gasteiger partial charge is 0.319 e. The van der Waals surface area contributed by atoms with E-state index in [2.05, 4.69) is 36.6 Å². The van der Waals surface area contributed by atoms with Gasteiger partial charge in [0.05, 0.1) is 17.3 Å². The van der Waals surface area contributed by atoms with E-state index in [1.54, 1.807) is 0 Å². The molecule has 2 amide bonds. The van der Waals surface area contributed by atoms with Crippen molar-refractivity contribution in [2.24, 2.45) is 5.41 Å². The molecule has 0 radical (unpaired) electrons. The number of carbonyl (C=O) groups excluding carboxylic acids is 1. The Morgan fingerprint density at radius 1 is 1.26 bits per heavy atom. The van der Waals surface area contributed by atoms with Crippen LogP contribution in [0.3, 0.4) is 0 Å². The molecule has 0 bridgehead atoms. The fourth-order valence-corrected chi connectivity index (χ4v) is 3.33. The van der Waals surface area contributed by atoms with Crippen molar-refractivity contribution < 1.29 is 4.79 Å². The fourth-order valence-electron chi connectivity index (χ4n) is 3.33. The van der Waals surface area contributed by atoms with Gasteiger partial charge in [-0.15, -0.1) is 0 Å². The van der Waals surface area contributed by atoms with Gasteiger partial charge in [0.25, 0.3) is 0 Å². The summed E-state index contributed by atoms with van der Waals surface area (Å²) in [4.78, 5) is 12.2. The Kier molecular flexibility index (Phi) is 5.44. The van der Waals surface area contributed by atoms with E-state index >= 15 is 0 Å².